The Morgan fingerprint density at radius 1 is 1.30 bits per heavy atom. The van der Waals surface area contributed by atoms with Gasteiger partial charge in [-0.3, -0.25) is 0 Å². The van der Waals surface area contributed by atoms with Crippen LogP contribution in [0.1, 0.15) is 18.7 Å². The van der Waals surface area contributed by atoms with Crippen LogP contribution in [-0.2, 0) is 16.4 Å². The maximum Gasteiger partial charge on any atom is 0.252 e. The normalized spacial score (nSPS) is 24.9. The summed E-state index contributed by atoms with van der Waals surface area (Å²) in [5, 5.41) is 3.80. The Labute approximate surface area is 130 Å². The molecule has 0 aromatic carbocycles. The third kappa shape index (κ3) is 3.76. The number of likely N-dealkylation sites (N-methyl/N-ethyl adjacent to an activating group) is 1. The molecule has 0 radical (unpaired) electrons. The molecule has 2 heterocycles. The van der Waals surface area contributed by atoms with Crippen LogP contribution in [0.3, 0.4) is 0 Å². The van der Waals surface area contributed by atoms with Crippen LogP contribution in [0.2, 0.25) is 0 Å². The first-order valence-electron chi connectivity index (χ1n) is 6.82. The molecule has 7 heteroatoms. The minimum atomic E-state index is -3.31. The van der Waals surface area contributed by atoms with Crippen LogP contribution in [-0.4, -0.2) is 49.9 Å². The highest BCUT2D eigenvalue weighted by Crippen LogP contribution is 2.31. The molecule has 0 saturated carbocycles. The number of thiophene rings is 1. The zero-order chi connectivity index (χ0) is 14.8. The molecular weight excluding hydrogens is 312 g/mol. The number of thioether (sulfide) groups is 1. The standard InChI is InChI=1S/C13H22N2O2S3/c1-10-8-15(9-11(2)18-10)20(16,17)13-5-4-12(19-13)6-7-14-3/h4-5,10-11,14H,6-9H2,1-3H3. The second-order valence-corrected chi connectivity index (χ2v) is 10.4. The molecule has 1 aliphatic heterocycles. The molecule has 1 fully saturated rings. The fourth-order valence-corrected chi connectivity index (χ4v) is 6.98. The van der Waals surface area contributed by atoms with Crippen LogP contribution in [0.15, 0.2) is 16.3 Å². The van der Waals surface area contributed by atoms with Gasteiger partial charge in [0.05, 0.1) is 0 Å². The van der Waals surface area contributed by atoms with Gasteiger partial charge in [0, 0.05) is 28.5 Å². The lowest BCUT2D eigenvalue weighted by Gasteiger charge is -2.33. The van der Waals surface area contributed by atoms with Crippen LogP contribution >= 0.6 is 23.1 Å². The van der Waals surface area contributed by atoms with E-state index in [2.05, 4.69) is 19.2 Å². The van der Waals surface area contributed by atoms with Gasteiger partial charge in [0.15, 0.2) is 0 Å². The van der Waals surface area contributed by atoms with E-state index in [0.717, 1.165) is 17.8 Å². The highest BCUT2D eigenvalue weighted by molar-refractivity contribution is 8.00. The van der Waals surface area contributed by atoms with E-state index in [-0.39, 0.29) is 0 Å². The van der Waals surface area contributed by atoms with Crippen molar-refractivity contribution in [3.63, 3.8) is 0 Å². The number of hydrogen-bond donors (Lipinski definition) is 1. The summed E-state index contributed by atoms with van der Waals surface area (Å²) in [5.74, 6) is 0. The average molecular weight is 335 g/mol. The topological polar surface area (TPSA) is 49.4 Å². The van der Waals surface area contributed by atoms with Gasteiger partial charge in [0.25, 0.3) is 10.0 Å². The van der Waals surface area contributed by atoms with Gasteiger partial charge in [-0.1, -0.05) is 13.8 Å². The maximum atomic E-state index is 12.7. The van der Waals surface area contributed by atoms with Crippen molar-refractivity contribution < 1.29 is 8.42 Å². The lowest BCUT2D eigenvalue weighted by molar-refractivity contribution is 0.406. The molecule has 2 rings (SSSR count). The number of rotatable bonds is 5. The molecule has 0 spiro atoms. The summed E-state index contributed by atoms with van der Waals surface area (Å²) in [4.78, 5) is 1.12. The fraction of sp³-hybridized carbons (Fsp3) is 0.692. The van der Waals surface area contributed by atoms with E-state index in [0.29, 0.717) is 27.8 Å². The van der Waals surface area contributed by atoms with E-state index < -0.39 is 10.0 Å². The van der Waals surface area contributed by atoms with E-state index in [1.807, 2.05) is 24.9 Å². The van der Waals surface area contributed by atoms with Gasteiger partial charge >= 0.3 is 0 Å². The van der Waals surface area contributed by atoms with Crippen molar-refractivity contribution in [2.75, 3.05) is 26.7 Å². The lowest BCUT2D eigenvalue weighted by atomic mass is 10.3. The molecule has 1 aromatic heterocycles. The van der Waals surface area contributed by atoms with Gasteiger partial charge in [-0.15, -0.1) is 11.3 Å². The Morgan fingerprint density at radius 3 is 2.55 bits per heavy atom. The largest absolute Gasteiger partial charge is 0.319 e. The first-order chi connectivity index (χ1) is 9.43. The highest BCUT2D eigenvalue weighted by Gasteiger charge is 2.32. The summed E-state index contributed by atoms with van der Waals surface area (Å²) in [6, 6.07) is 3.68. The Hall–Kier alpha value is -0.0800. The number of nitrogens with one attached hydrogen (secondary N) is 1. The van der Waals surface area contributed by atoms with E-state index >= 15 is 0 Å². The second kappa shape index (κ2) is 6.79. The Balaban J connectivity index is 2.15. The van der Waals surface area contributed by atoms with Crippen LogP contribution in [0.4, 0.5) is 0 Å². The molecule has 1 saturated heterocycles. The highest BCUT2D eigenvalue weighted by atomic mass is 32.2. The van der Waals surface area contributed by atoms with E-state index in [1.165, 1.54) is 11.3 Å². The molecule has 1 N–H and O–H groups in total. The molecule has 2 atom stereocenters. The predicted molar refractivity (Wildman–Crippen MR) is 87.2 cm³/mol. The Morgan fingerprint density at radius 2 is 1.95 bits per heavy atom. The molecule has 114 valence electrons. The van der Waals surface area contributed by atoms with Crippen molar-refractivity contribution in [3.05, 3.63) is 17.0 Å². The molecular formula is C13H22N2O2S3. The van der Waals surface area contributed by atoms with Crippen molar-refractivity contribution in [2.24, 2.45) is 0 Å². The number of sulfonamides is 1. The summed E-state index contributed by atoms with van der Waals surface area (Å²) >= 11 is 3.26. The van der Waals surface area contributed by atoms with Crippen molar-refractivity contribution in [1.82, 2.24) is 9.62 Å². The summed E-state index contributed by atoms with van der Waals surface area (Å²) < 4.78 is 27.5. The van der Waals surface area contributed by atoms with Crippen molar-refractivity contribution in [2.45, 2.75) is 35.0 Å². The SMILES string of the molecule is CNCCc1ccc(S(=O)(=O)N2CC(C)SC(C)C2)s1. The number of nitrogens with zero attached hydrogens (tertiary/aromatic N) is 1. The van der Waals surface area contributed by atoms with Gasteiger partial charge in [0.1, 0.15) is 4.21 Å². The van der Waals surface area contributed by atoms with Gasteiger partial charge in [-0.25, -0.2) is 8.42 Å². The van der Waals surface area contributed by atoms with Gasteiger partial charge in [-0.05, 0) is 32.1 Å². The average Bonchev–Trinajstić information content (AvgIpc) is 2.84. The quantitative estimate of drug-likeness (QED) is 0.895. The first-order valence-corrected chi connectivity index (χ1v) is 10.0. The van der Waals surface area contributed by atoms with E-state index in [1.54, 1.807) is 10.4 Å². The zero-order valence-corrected chi connectivity index (χ0v) is 14.6. The van der Waals surface area contributed by atoms with Crippen molar-refractivity contribution in [1.29, 1.82) is 0 Å². The Bertz CT molecular complexity index is 532. The molecule has 4 nitrogen and oxygen atoms in total. The predicted octanol–water partition coefficient (Wildman–Crippen LogP) is 2.02. The van der Waals surface area contributed by atoms with Crippen LogP contribution in [0, 0.1) is 0 Å². The summed E-state index contributed by atoms with van der Waals surface area (Å²) in [5.41, 5.74) is 0. The number of hydrogen-bond acceptors (Lipinski definition) is 5. The molecule has 2 unspecified atom stereocenters. The lowest BCUT2D eigenvalue weighted by Crippen LogP contribution is -2.43. The molecule has 20 heavy (non-hydrogen) atoms. The van der Waals surface area contributed by atoms with Crippen molar-refractivity contribution >= 4 is 33.1 Å². The minimum absolute atomic E-state index is 0.359. The maximum absolute atomic E-state index is 12.7. The molecule has 0 amide bonds. The van der Waals surface area contributed by atoms with Crippen LogP contribution in [0.5, 0.6) is 0 Å². The van der Waals surface area contributed by atoms with Crippen LogP contribution < -0.4 is 5.32 Å². The molecule has 0 aliphatic carbocycles. The molecule has 0 bridgehead atoms. The molecule has 1 aromatic rings. The molecule has 1 aliphatic rings. The van der Waals surface area contributed by atoms with Crippen molar-refractivity contribution in [3.8, 4) is 0 Å². The summed E-state index contributed by atoms with van der Waals surface area (Å²) in [6.07, 6.45) is 0.874. The monoisotopic (exact) mass is 334 g/mol. The fourth-order valence-electron chi connectivity index (χ4n) is 2.33. The second-order valence-electron chi connectivity index (χ2n) is 5.15. The summed E-state index contributed by atoms with van der Waals surface area (Å²) in [6.45, 7) is 6.28. The third-order valence-corrected chi connectivity index (χ3v) is 7.91. The summed E-state index contributed by atoms with van der Waals surface area (Å²) in [7, 11) is -1.41. The van der Waals surface area contributed by atoms with Gasteiger partial charge in [-0.2, -0.15) is 16.1 Å². The Kier molecular flexibility index (Phi) is 5.53. The zero-order valence-electron chi connectivity index (χ0n) is 12.1. The minimum Gasteiger partial charge on any atom is -0.319 e. The third-order valence-electron chi connectivity index (χ3n) is 3.24. The van der Waals surface area contributed by atoms with Crippen LogP contribution in [0.25, 0.3) is 0 Å². The van der Waals surface area contributed by atoms with Gasteiger partial charge in [0.2, 0.25) is 0 Å². The smallest absolute Gasteiger partial charge is 0.252 e. The van der Waals surface area contributed by atoms with E-state index in [9.17, 15) is 8.42 Å². The van der Waals surface area contributed by atoms with Gasteiger partial charge < -0.3 is 5.32 Å². The first kappa shape index (κ1) is 16.3. The van der Waals surface area contributed by atoms with E-state index in [4.69, 9.17) is 0 Å².